The van der Waals surface area contributed by atoms with E-state index in [9.17, 15) is 18.0 Å². The summed E-state index contributed by atoms with van der Waals surface area (Å²) in [6.07, 6.45) is -1.08. The van der Waals surface area contributed by atoms with Crippen LogP contribution >= 0.6 is 0 Å². The molecule has 0 aliphatic rings. The first-order chi connectivity index (χ1) is 9.80. The van der Waals surface area contributed by atoms with Gasteiger partial charge in [0.05, 0.1) is 5.56 Å². The van der Waals surface area contributed by atoms with Gasteiger partial charge in [0, 0.05) is 20.3 Å². The molecular weight excluding hydrogens is 301 g/mol. The Balaban J connectivity index is 2.30. The fourth-order valence-corrected chi connectivity index (χ4v) is 3.27. The van der Waals surface area contributed by atoms with E-state index in [1.165, 1.54) is 26.4 Å². The van der Waals surface area contributed by atoms with Gasteiger partial charge < -0.3 is 13.6 Å². The summed E-state index contributed by atoms with van der Waals surface area (Å²) in [4.78, 5) is 9.84. The van der Waals surface area contributed by atoms with Crippen molar-refractivity contribution in [1.82, 2.24) is 0 Å². The van der Waals surface area contributed by atoms with Gasteiger partial charge in [0.2, 0.25) is 0 Å². The van der Waals surface area contributed by atoms with Crippen LogP contribution in [-0.2, 0) is 21.4 Å². The molecule has 0 heterocycles. The van der Waals surface area contributed by atoms with Gasteiger partial charge in [-0.2, -0.15) is 13.2 Å². The van der Waals surface area contributed by atoms with Gasteiger partial charge in [-0.15, -0.1) is 0 Å². The van der Waals surface area contributed by atoms with Crippen LogP contribution in [-0.4, -0.2) is 27.8 Å². The quantitative estimate of drug-likeness (QED) is 0.586. The van der Waals surface area contributed by atoms with Crippen molar-refractivity contribution in [2.75, 3.05) is 14.2 Å². The largest absolute Gasteiger partial charge is 0.497 e. The molecule has 0 aliphatic heterocycles. The lowest BCUT2D eigenvalue weighted by molar-refractivity contribution is -0.137. The van der Waals surface area contributed by atoms with Crippen LogP contribution in [0.1, 0.15) is 30.4 Å². The molecule has 0 fully saturated rings. The molecule has 0 spiro atoms. The van der Waals surface area contributed by atoms with Gasteiger partial charge in [-0.05, 0) is 37.0 Å². The van der Waals surface area contributed by atoms with E-state index < -0.39 is 20.5 Å². The van der Waals surface area contributed by atoms with Crippen LogP contribution < -0.4 is 0 Å². The lowest BCUT2D eigenvalue weighted by Gasteiger charge is -2.19. The molecule has 1 rings (SSSR count). The van der Waals surface area contributed by atoms with Gasteiger partial charge in [0.15, 0.2) is 0 Å². The Morgan fingerprint density at radius 1 is 1.00 bits per heavy atom. The molecule has 7 heteroatoms. The number of benzene rings is 1. The minimum absolute atomic E-state index is 0.493. The third-order valence-electron chi connectivity index (χ3n) is 3.38. The van der Waals surface area contributed by atoms with Crippen molar-refractivity contribution >= 4 is 8.80 Å². The Morgan fingerprint density at radius 3 is 2.05 bits per heavy atom. The number of alkyl halides is 3. The minimum Gasteiger partial charge on any atom is -0.390 e. The molecule has 120 valence electrons. The Labute approximate surface area is 124 Å². The Hall–Kier alpha value is -0.893. The summed E-state index contributed by atoms with van der Waals surface area (Å²) in [7, 11) is -0.123. The Morgan fingerprint density at radius 2 is 1.57 bits per heavy atom. The molecule has 1 aromatic rings. The molecule has 0 saturated carbocycles. The molecular formula is C14H21F3O3Si. The van der Waals surface area contributed by atoms with Crippen molar-refractivity contribution in [2.24, 2.45) is 0 Å². The normalized spacial score (nSPS) is 12.7. The van der Waals surface area contributed by atoms with E-state index >= 15 is 0 Å². The second-order valence-electron chi connectivity index (χ2n) is 4.88. The monoisotopic (exact) mass is 322 g/mol. The first-order valence-corrected chi connectivity index (χ1v) is 8.76. The van der Waals surface area contributed by atoms with E-state index in [1.54, 1.807) is 0 Å². The molecule has 1 N–H and O–H groups in total. The molecule has 1 aromatic carbocycles. The molecule has 0 bridgehead atoms. The average molecular weight is 322 g/mol. The summed E-state index contributed by atoms with van der Waals surface area (Å²) in [5, 5.41) is 0. The van der Waals surface area contributed by atoms with Crippen LogP contribution in [0.5, 0.6) is 0 Å². The van der Waals surface area contributed by atoms with E-state index in [1.807, 2.05) is 0 Å². The van der Waals surface area contributed by atoms with Crippen molar-refractivity contribution in [3.63, 3.8) is 0 Å². The number of hydrogen-bond acceptors (Lipinski definition) is 3. The third kappa shape index (κ3) is 6.17. The maximum atomic E-state index is 12.4. The third-order valence-corrected chi connectivity index (χ3v) is 5.64. The van der Waals surface area contributed by atoms with Crippen LogP contribution in [0.2, 0.25) is 6.04 Å². The Kier molecular flexibility index (Phi) is 6.86. The van der Waals surface area contributed by atoms with Crippen molar-refractivity contribution < 1.29 is 26.8 Å². The topological polar surface area (TPSA) is 38.7 Å². The van der Waals surface area contributed by atoms with Crippen LogP contribution in [0.3, 0.4) is 0 Å². The second-order valence-corrected chi connectivity index (χ2v) is 7.62. The van der Waals surface area contributed by atoms with Gasteiger partial charge in [-0.1, -0.05) is 18.6 Å². The van der Waals surface area contributed by atoms with E-state index in [2.05, 4.69) is 0 Å². The zero-order valence-corrected chi connectivity index (χ0v) is 13.2. The maximum absolute atomic E-state index is 12.4. The van der Waals surface area contributed by atoms with E-state index in [-0.39, 0.29) is 0 Å². The summed E-state index contributed by atoms with van der Waals surface area (Å²) in [5.74, 6) is 0. The van der Waals surface area contributed by atoms with Crippen LogP contribution in [0, 0.1) is 0 Å². The SMILES string of the molecule is CO[Si](O)(CCCCCc1ccc(C(F)(F)F)cc1)OC. The molecule has 0 aliphatic carbocycles. The lowest BCUT2D eigenvalue weighted by Crippen LogP contribution is -2.39. The number of halogens is 3. The van der Waals surface area contributed by atoms with Gasteiger partial charge in [-0.3, -0.25) is 0 Å². The summed E-state index contributed by atoms with van der Waals surface area (Å²) < 4.78 is 47.1. The van der Waals surface area contributed by atoms with E-state index in [0.717, 1.165) is 43.4 Å². The highest BCUT2D eigenvalue weighted by atomic mass is 28.4. The molecule has 0 atom stereocenters. The fourth-order valence-electron chi connectivity index (χ4n) is 2.00. The van der Waals surface area contributed by atoms with E-state index in [0.29, 0.717) is 6.04 Å². The van der Waals surface area contributed by atoms with Gasteiger partial charge in [-0.25, -0.2) is 0 Å². The second kappa shape index (κ2) is 7.93. The predicted molar refractivity (Wildman–Crippen MR) is 75.8 cm³/mol. The molecule has 21 heavy (non-hydrogen) atoms. The van der Waals surface area contributed by atoms with Crippen molar-refractivity contribution in [3.8, 4) is 0 Å². The summed E-state index contributed by atoms with van der Waals surface area (Å²) in [6.45, 7) is 0. The van der Waals surface area contributed by atoms with Crippen molar-refractivity contribution in [3.05, 3.63) is 35.4 Å². The fraction of sp³-hybridized carbons (Fsp3) is 0.571. The molecule has 0 amide bonds. The molecule has 0 aromatic heterocycles. The summed E-state index contributed by atoms with van der Waals surface area (Å²) >= 11 is 0. The van der Waals surface area contributed by atoms with Gasteiger partial charge in [0.1, 0.15) is 0 Å². The average Bonchev–Trinajstić information content (AvgIpc) is 2.46. The number of unbranched alkanes of at least 4 members (excludes halogenated alkanes) is 2. The van der Waals surface area contributed by atoms with Crippen LogP contribution in [0.4, 0.5) is 13.2 Å². The highest BCUT2D eigenvalue weighted by Gasteiger charge is 2.33. The molecule has 0 unspecified atom stereocenters. The first kappa shape index (κ1) is 18.2. The zero-order chi connectivity index (χ0) is 15.9. The first-order valence-electron chi connectivity index (χ1n) is 6.79. The molecule has 0 radical (unpaired) electrons. The number of rotatable bonds is 8. The maximum Gasteiger partial charge on any atom is 0.497 e. The Bertz CT molecular complexity index is 416. The summed E-state index contributed by atoms with van der Waals surface area (Å²) in [6, 6.07) is 5.73. The van der Waals surface area contributed by atoms with Gasteiger partial charge in [0.25, 0.3) is 0 Å². The zero-order valence-electron chi connectivity index (χ0n) is 12.2. The number of hydrogen-bond donors (Lipinski definition) is 1. The van der Waals surface area contributed by atoms with Crippen LogP contribution in [0.15, 0.2) is 24.3 Å². The minimum atomic E-state index is -4.28. The number of aryl methyl sites for hydroxylation is 1. The van der Waals surface area contributed by atoms with E-state index in [4.69, 9.17) is 8.85 Å². The summed E-state index contributed by atoms with van der Waals surface area (Å²) in [5.41, 5.74) is 0.261. The molecule has 3 nitrogen and oxygen atoms in total. The standard InChI is InChI=1S/C14H21F3O3Si/c1-19-21(18,20-2)11-5-3-4-6-12-7-9-13(10-8-12)14(15,16)17/h7-10,18H,3-6,11H2,1-2H3. The van der Waals surface area contributed by atoms with Crippen LogP contribution in [0.25, 0.3) is 0 Å². The highest BCUT2D eigenvalue weighted by Crippen LogP contribution is 2.29. The van der Waals surface area contributed by atoms with Gasteiger partial charge >= 0.3 is 15.0 Å². The smallest absolute Gasteiger partial charge is 0.390 e. The predicted octanol–water partition coefficient (Wildman–Crippen LogP) is 3.64. The molecule has 0 saturated heterocycles. The lowest BCUT2D eigenvalue weighted by atomic mass is 10.1. The highest BCUT2D eigenvalue weighted by molar-refractivity contribution is 6.59. The van der Waals surface area contributed by atoms with Crippen molar-refractivity contribution in [1.29, 1.82) is 0 Å². The van der Waals surface area contributed by atoms with Crippen molar-refractivity contribution in [2.45, 2.75) is 37.9 Å².